The van der Waals surface area contributed by atoms with Gasteiger partial charge in [-0.25, -0.2) is 9.59 Å². The highest BCUT2D eigenvalue weighted by Gasteiger charge is 2.38. The van der Waals surface area contributed by atoms with E-state index in [9.17, 15) is 32.3 Å². The molecule has 0 bridgehead atoms. The number of amides is 4. The van der Waals surface area contributed by atoms with Gasteiger partial charge in [-0.05, 0) is 142 Å². The second-order valence-corrected chi connectivity index (χ2v) is 15.9. The number of H-pyrrole nitrogens is 1. The summed E-state index contributed by atoms with van der Waals surface area (Å²) in [5.41, 5.74) is 5.79. The van der Waals surface area contributed by atoms with Crippen LogP contribution in [-0.4, -0.2) is 110 Å². The second kappa shape index (κ2) is 21.4. The first-order chi connectivity index (χ1) is 29.5. The number of carbonyl (C=O) groups is 5. The maximum absolute atomic E-state index is 13.8. The van der Waals surface area contributed by atoms with Crippen LogP contribution in [0.25, 0.3) is 22.5 Å². The Balaban J connectivity index is 0.000000955. The zero-order valence-corrected chi connectivity index (χ0v) is 34.7. The van der Waals surface area contributed by atoms with Gasteiger partial charge in [0.2, 0.25) is 17.6 Å². The number of halogens is 3. The maximum Gasteiger partial charge on any atom is 0.490 e. The number of benzene rings is 3. The molecule has 4 aromatic rings. The Labute approximate surface area is 356 Å². The number of tetrazole rings is 1. The van der Waals surface area contributed by atoms with Gasteiger partial charge in [0.1, 0.15) is 6.04 Å². The molecule has 2 fully saturated rings. The Hall–Kier alpha value is -6.37. The Morgan fingerprint density at radius 2 is 1.48 bits per heavy atom. The Morgan fingerprint density at radius 1 is 0.855 bits per heavy atom. The van der Waals surface area contributed by atoms with E-state index in [2.05, 4.69) is 60.9 Å². The molecule has 0 spiro atoms. The molecule has 62 heavy (non-hydrogen) atoms. The summed E-state index contributed by atoms with van der Waals surface area (Å²) in [5.74, 6) is -2.98. The summed E-state index contributed by atoms with van der Waals surface area (Å²) in [6, 6.07) is 20.7. The lowest BCUT2D eigenvalue weighted by atomic mass is 9.81. The zero-order valence-electron chi connectivity index (χ0n) is 34.7. The standard InChI is InChI=1S/C41H51N9O5.C2HF3O2/c1-25-22-31(39(52)43-33-17-19-34(20-18-33)50(2)3)14-21-35(25)28-8-4-26(5-9-28)23-36(45-38(51)30-10-6-27(7-11-30)24-42-41(54)55)40(53)44-32-15-12-29(13-16-32)37-46-48-49-47-37;3-2(4,5)1(6)7/h4-5,8-9,12-16,21-22,27,30,33-34,36,42H,6-7,10-11,17-20,23-24H2,1-3H3,(H,43,52)(H,44,53)(H,45,51)(H,54,55)(H,46,47,48,49);(H,6,7)/t27?,30?,33?,34?,36-;/m0./s1. The number of aliphatic carboxylic acids is 1. The molecule has 2 aliphatic rings. The minimum atomic E-state index is -5.08. The van der Waals surface area contributed by atoms with Crippen molar-refractivity contribution in [2.45, 2.75) is 89.0 Å². The average molecular weight is 864 g/mol. The van der Waals surface area contributed by atoms with Crippen LogP contribution in [0.4, 0.5) is 23.7 Å². The molecule has 3 aromatic carbocycles. The fourth-order valence-corrected chi connectivity index (χ4v) is 7.77. The third kappa shape index (κ3) is 13.6. The monoisotopic (exact) mass is 863 g/mol. The highest BCUT2D eigenvalue weighted by atomic mass is 19.4. The number of carboxylic acids is 1. The Bertz CT molecular complexity index is 2130. The van der Waals surface area contributed by atoms with Crippen LogP contribution >= 0.6 is 0 Å². The van der Waals surface area contributed by atoms with Crippen LogP contribution in [0.5, 0.6) is 0 Å². The number of aryl methyl sites for hydroxylation is 1. The van der Waals surface area contributed by atoms with Gasteiger partial charge in [-0.15, -0.1) is 10.2 Å². The van der Waals surface area contributed by atoms with Gasteiger partial charge >= 0.3 is 18.2 Å². The van der Waals surface area contributed by atoms with Gasteiger partial charge < -0.3 is 36.4 Å². The number of hydrogen-bond acceptors (Lipinski definition) is 9. The molecule has 19 heteroatoms. The van der Waals surface area contributed by atoms with Crippen LogP contribution in [0.15, 0.2) is 66.7 Å². The molecule has 6 rings (SSSR count). The van der Waals surface area contributed by atoms with Crippen molar-refractivity contribution in [3.8, 4) is 22.5 Å². The van der Waals surface area contributed by atoms with E-state index in [4.69, 9.17) is 15.0 Å². The first kappa shape index (κ1) is 46.7. The van der Waals surface area contributed by atoms with Crippen molar-refractivity contribution in [1.82, 2.24) is 41.5 Å². The molecule has 332 valence electrons. The molecule has 7 N–H and O–H groups in total. The fraction of sp³-hybridized carbons (Fsp3) is 0.442. The van der Waals surface area contributed by atoms with Crippen LogP contribution < -0.4 is 21.3 Å². The summed E-state index contributed by atoms with van der Waals surface area (Å²) in [4.78, 5) is 62.6. The molecule has 16 nitrogen and oxygen atoms in total. The molecule has 0 saturated heterocycles. The van der Waals surface area contributed by atoms with Crippen LogP contribution in [-0.2, 0) is 20.8 Å². The van der Waals surface area contributed by atoms with E-state index < -0.39 is 24.3 Å². The number of aromatic nitrogens is 4. The molecule has 0 radical (unpaired) electrons. The molecule has 1 heterocycles. The summed E-state index contributed by atoms with van der Waals surface area (Å²) in [7, 11) is 4.22. The van der Waals surface area contributed by atoms with Gasteiger partial charge in [0, 0.05) is 47.8 Å². The summed E-state index contributed by atoms with van der Waals surface area (Å²) in [5, 5.41) is 41.7. The van der Waals surface area contributed by atoms with Gasteiger partial charge in [-0.3, -0.25) is 14.4 Å². The molecule has 2 saturated carbocycles. The third-order valence-electron chi connectivity index (χ3n) is 11.3. The molecular formula is C43H52F3N9O7. The lowest BCUT2D eigenvalue weighted by Gasteiger charge is -2.33. The Kier molecular flexibility index (Phi) is 16.1. The van der Waals surface area contributed by atoms with Gasteiger partial charge in [0.25, 0.3) is 5.91 Å². The van der Waals surface area contributed by atoms with Crippen molar-refractivity contribution in [1.29, 1.82) is 0 Å². The largest absolute Gasteiger partial charge is 0.490 e. The number of anilines is 1. The number of carboxylic acid groups (broad SMARTS) is 2. The first-order valence-electron chi connectivity index (χ1n) is 20.4. The minimum Gasteiger partial charge on any atom is -0.475 e. The van der Waals surface area contributed by atoms with Gasteiger partial charge in [0.05, 0.1) is 0 Å². The number of hydrogen-bond donors (Lipinski definition) is 7. The smallest absolute Gasteiger partial charge is 0.475 e. The predicted octanol–water partition coefficient (Wildman–Crippen LogP) is 5.82. The molecular weight excluding hydrogens is 812 g/mol. The average Bonchev–Trinajstić information content (AvgIpc) is 3.79. The van der Waals surface area contributed by atoms with Crippen molar-refractivity contribution in [3.63, 3.8) is 0 Å². The highest BCUT2D eigenvalue weighted by molar-refractivity contribution is 5.98. The van der Waals surface area contributed by atoms with Gasteiger partial charge in [0.15, 0.2) is 0 Å². The number of alkyl halides is 3. The topological polar surface area (TPSA) is 232 Å². The molecule has 0 aliphatic heterocycles. The number of nitrogens with one attached hydrogen (secondary N) is 5. The lowest BCUT2D eigenvalue weighted by Crippen LogP contribution is -2.48. The number of rotatable bonds is 13. The van der Waals surface area contributed by atoms with Gasteiger partial charge in [-0.1, -0.05) is 30.3 Å². The minimum absolute atomic E-state index is 0.0455. The lowest BCUT2D eigenvalue weighted by molar-refractivity contribution is -0.192. The SMILES string of the molecule is Cc1cc(C(=O)NC2CCC(N(C)C)CC2)ccc1-c1ccc(C[C@H](NC(=O)C2CCC(CNC(=O)O)CC2)C(=O)Nc2ccc(-c3nn[nH]n3)cc2)cc1.O=C(O)C(F)(F)F. The van der Waals surface area contributed by atoms with Crippen molar-refractivity contribution in [2.75, 3.05) is 26.0 Å². The van der Waals surface area contributed by atoms with Crippen molar-refractivity contribution >= 4 is 35.5 Å². The number of carbonyl (C=O) groups excluding carboxylic acids is 3. The fourth-order valence-electron chi connectivity index (χ4n) is 7.77. The zero-order chi connectivity index (χ0) is 45.0. The first-order valence-corrected chi connectivity index (χ1v) is 20.4. The van der Waals surface area contributed by atoms with Crippen molar-refractivity contribution in [3.05, 3.63) is 83.4 Å². The van der Waals surface area contributed by atoms with Crippen LogP contribution in [0.3, 0.4) is 0 Å². The molecule has 2 aliphatic carbocycles. The number of nitrogens with zero attached hydrogens (tertiary/aromatic N) is 4. The van der Waals surface area contributed by atoms with E-state index in [1.807, 2.05) is 49.4 Å². The molecule has 1 atom stereocenters. The van der Waals surface area contributed by atoms with Crippen molar-refractivity contribution in [2.24, 2.45) is 11.8 Å². The van der Waals surface area contributed by atoms with E-state index in [1.54, 1.807) is 24.3 Å². The summed E-state index contributed by atoms with van der Waals surface area (Å²) < 4.78 is 31.7. The van der Waals surface area contributed by atoms with E-state index in [0.717, 1.165) is 66.3 Å². The van der Waals surface area contributed by atoms with Gasteiger partial charge in [-0.2, -0.15) is 18.4 Å². The Morgan fingerprint density at radius 3 is 2.03 bits per heavy atom. The maximum atomic E-state index is 13.8. The molecule has 4 amide bonds. The third-order valence-corrected chi connectivity index (χ3v) is 11.3. The van der Waals surface area contributed by atoms with Crippen LogP contribution in [0.1, 0.15) is 72.9 Å². The predicted molar refractivity (Wildman–Crippen MR) is 223 cm³/mol. The number of aromatic amines is 1. The van der Waals surface area contributed by atoms with Crippen LogP contribution in [0.2, 0.25) is 0 Å². The highest BCUT2D eigenvalue weighted by Crippen LogP contribution is 2.30. The van der Waals surface area contributed by atoms with E-state index in [0.29, 0.717) is 42.5 Å². The van der Waals surface area contributed by atoms with E-state index in [1.165, 1.54) is 0 Å². The second-order valence-electron chi connectivity index (χ2n) is 15.9. The summed E-state index contributed by atoms with van der Waals surface area (Å²) in [6.07, 6.45) is 0.960. The van der Waals surface area contributed by atoms with Crippen molar-refractivity contribution < 1.29 is 47.4 Å². The molecule has 0 unspecified atom stereocenters. The molecule has 1 aromatic heterocycles. The summed E-state index contributed by atoms with van der Waals surface area (Å²) in [6.45, 7) is 2.37. The normalized spacial score (nSPS) is 19.3. The van der Waals surface area contributed by atoms with E-state index in [-0.39, 0.29) is 42.0 Å². The summed E-state index contributed by atoms with van der Waals surface area (Å²) >= 11 is 0. The van der Waals surface area contributed by atoms with E-state index >= 15 is 0 Å². The quantitative estimate of drug-likeness (QED) is 0.0847. The van der Waals surface area contributed by atoms with Crippen LogP contribution in [0, 0.1) is 18.8 Å².